The van der Waals surface area contributed by atoms with Gasteiger partial charge >= 0.3 is 5.97 Å². The van der Waals surface area contributed by atoms with Gasteiger partial charge in [0.05, 0.1) is 13.0 Å². The Labute approximate surface area is 128 Å². The molecule has 0 aromatic heterocycles. The third-order valence-electron chi connectivity index (χ3n) is 5.77. The summed E-state index contributed by atoms with van der Waals surface area (Å²) in [6.07, 6.45) is 10.4. The van der Waals surface area contributed by atoms with Gasteiger partial charge in [-0.2, -0.15) is 0 Å². The van der Waals surface area contributed by atoms with Crippen molar-refractivity contribution in [3.63, 3.8) is 0 Å². The van der Waals surface area contributed by atoms with Gasteiger partial charge in [-0.05, 0) is 44.6 Å². The van der Waals surface area contributed by atoms with E-state index >= 15 is 0 Å². The monoisotopic (exact) mass is 294 g/mol. The predicted molar refractivity (Wildman–Crippen MR) is 83.1 cm³/mol. The number of carbonyl (C=O) groups is 1. The lowest BCUT2D eigenvalue weighted by molar-refractivity contribution is -0.148. The van der Waals surface area contributed by atoms with Gasteiger partial charge in [-0.1, -0.05) is 19.3 Å². The summed E-state index contributed by atoms with van der Waals surface area (Å²) >= 11 is 0. The Kier molecular flexibility index (Phi) is 5.17. The number of nitrogens with one attached hydrogen (secondary N) is 1. The molecule has 21 heavy (non-hydrogen) atoms. The summed E-state index contributed by atoms with van der Waals surface area (Å²) in [7, 11) is 1.52. The molecule has 0 spiro atoms. The normalized spacial score (nSPS) is 32.0. The standard InChI is InChI=1S/C17H30N2O2/c1-21-17(20)14-9-15(18-10-13-5-4-6-13)12-19(11-14)16-7-2-3-8-16/h13-16,18H,2-12H2,1H3. The molecular formula is C17H30N2O2. The van der Waals surface area contributed by atoms with Crippen LogP contribution < -0.4 is 5.32 Å². The van der Waals surface area contributed by atoms with Crippen LogP contribution in [0.4, 0.5) is 0 Å². The van der Waals surface area contributed by atoms with Gasteiger partial charge in [0.15, 0.2) is 0 Å². The van der Waals surface area contributed by atoms with E-state index in [2.05, 4.69) is 10.2 Å². The molecule has 1 saturated heterocycles. The molecule has 2 aliphatic carbocycles. The molecular weight excluding hydrogens is 264 g/mol. The van der Waals surface area contributed by atoms with Crippen molar-refractivity contribution in [2.75, 3.05) is 26.7 Å². The predicted octanol–water partition coefficient (Wildman–Crippen LogP) is 2.18. The summed E-state index contributed by atoms with van der Waals surface area (Å²) in [6.45, 7) is 3.15. The lowest BCUT2D eigenvalue weighted by Crippen LogP contribution is -2.54. The van der Waals surface area contributed by atoms with E-state index in [1.165, 1.54) is 52.1 Å². The third kappa shape index (κ3) is 3.78. The van der Waals surface area contributed by atoms with E-state index < -0.39 is 0 Å². The first-order valence-corrected chi connectivity index (χ1v) is 8.81. The van der Waals surface area contributed by atoms with Crippen molar-refractivity contribution >= 4 is 5.97 Å². The van der Waals surface area contributed by atoms with Gasteiger partial charge in [-0.25, -0.2) is 0 Å². The van der Waals surface area contributed by atoms with Crippen molar-refractivity contribution in [1.29, 1.82) is 0 Å². The second-order valence-electron chi connectivity index (χ2n) is 7.25. The Morgan fingerprint density at radius 1 is 1.14 bits per heavy atom. The highest BCUT2D eigenvalue weighted by molar-refractivity contribution is 5.72. The fraction of sp³-hybridized carbons (Fsp3) is 0.941. The van der Waals surface area contributed by atoms with Crippen LogP contribution in [0.5, 0.6) is 0 Å². The van der Waals surface area contributed by atoms with Gasteiger partial charge in [0.2, 0.25) is 0 Å². The number of nitrogens with zero attached hydrogens (tertiary/aromatic N) is 1. The third-order valence-corrected chi connectivity index (χ3v) is 5.77. The molecule has 3 aliphatic rings. The van der Waals surface area contributed by atoms with Crippen molar-refractivity contribution in [2.45, 2.75) is 63.5 Å². The molecule has 3 fully saturated rings. The van der Waals surface area contributed by atoms with Gasteiger partial charge in [-0.3, -0.25) is 9.69 Å². The lowest BCUT2D eigenvalue weighted by Gasteiger charge is -2.41. The van der Waals surface area contributed by atoms with Crippen LogP contribution in [0, 0.1) is 11.8 Å². The molecule has 4 nitrogen and oxygen atoms in total. The number of hydrogen-bond acceptors (Lipinski definition) is 4. The summed E-state index contributed by atoms with van der Waals surface area (Å²) < 4.78 is 5.01. The molecule has 1 N–H and O–H groups in total. The quantitative estimate of drug-likeness (QED) is 0.789. The van der Waals surface area contributed by atoms with Crippen LogP contribution in [0.25, 0.3) is 0 Å². The fourth-order valence-corrected chi connectivity index (χ4v) is 4.22. The van der Waals surface area contributed by atoms with Crippen molar-refractivity contribution in [3.8, 4) is 0 Å². The van der Waals surface area contributed by atoms with Gasteiger partial charge in [0, 0.05) is 25.2 Å². The van der Waals surface area contributed by atoms with E-state index in [4.69, 9.17) is 4.74 Å². The molecule has 0 aromatic rings. The van der Waals surface area contributed by atoms with Gasteiger partial charge < -0.3 is 10.1 Å². The van der Waals surface area contributed by atoms with Crippen LogP contribution in [0.15, 0.2) is 0 Å². The molecule has 0 radical (unpaired) electrons. The Morgan fingerprint density at radius 2 is 1.90 bits per heavy atom. The van der Waals surface area contributed by atoms with Crippen LogP contribution in [-0.4, -0.2) is 49.7 Å². The first-order valence-electron chi connectivity index (χ1n) is 8.81. The number of hydrogen-bond donors (Lipinski definition) is 1. The first-order chi connectivity index (χ1) is 10.3. The number of ether oxygens (including phenoxy) is 1. The molecule has 120 valence electrons. The number of rotatable bonds is 5. The first kappa shape index (κ1) is 15.3. The number of likely N-dealkylation sites (tertiary alicyclic amines) is 1. The van der Waals surface area contributed by atoms with Crippen molar-refractivity contribution in [3.05, 3.63) is 0 Å². The Balaban J connectivity index is 1.57. The van der Waals surface area contributed by atoms with Gasteiger partial charge in [-0.15, -0.1) is 0 Å². The van der Waals surface area contributed by atoms with E-state index in [1.54, 1.807) is 0 Å². The molecule has 1 aliphatic heterocycles. The number of carbonyl (C=O) groups excluding carboxylic acids is 1. The fourth-order valence-electron chi connectivity index (χ4n) is 4.22. The molecule has 2 atom stereocenters. The Bertz CT molecular complexity index is 351. The zero-order chi connectivity index (χ0) is 14.7. The number of esters is 1. The van der Waals surface area contributed by atoms with Crippen molar-refractivity contribution in [2.24, 2.45) is 11.8 Å². The summed E-state index contributed by atoms with van der Waals surface area (Å²) in [5.74, 6) is 0.916. The summed E-state index contributed by atoms with van der Waals surface area (Å²) in [5, 5.41) is 3.74. The smallest absolute Gasteiger partial charge is 0.310 e. The highest BCUT2D eigenvalue weighted by atomic mass is 16.5. The SMILES string of the molecule is COC(=O)C1CC(NCC2CCC2)CN(C2CCCC2)C1. The van der Waals surface area contributed by atoms with E-state index in [9.17, 15) is 4.79 Å². The maximum Gasteiger partial charge on any atom is 0.310 e. The topological polar surface area (TPSA) is 41.6 Å². The van der Waals surface area contributed by atoms with E-state index in [1.807, 2.05) is 0 Å². The minimum Gasteiger partial charge on any atom is -0.469 e. The minimum atomic E-state index is -0.0202. The maximum atomic E-state index is 12.0. The largest absolute Gasteiger partial charge is 0.469 e. The second-order valence-corrected chi connectivity index (χ2v) is 7.25. The van der Waals surface area contributed by atoms with E-state index in [-0.39, 0.29) is 11.9 Å². The molecule has 0 aromatic carbocycles. The Morgan fingerprint density at radius 3 is 2.52 bits per heavy atom. The average molecular weight is 294 g/mol. The Hall–Kier alpha value is -0.610. The van der Waals surface area contributed by atoms with E-state index in [0.29, 0.717) is 12.1 Å². The molecule has 4 heteroatoms. The summed E-state index contributed by atoms with van der Waals surface area (Å²) in [6, 6.07) is 1.16. The molecule has 3 rings (SSSR count). The lowest BCUT2D eigenvalue weighted by atomic mass is 9.85. The maximum absolute atomic E-state index is 12.0. The van der Waals surface area contributed by atoms with Crippen LogP contribution >= 0.6 is 0 Å². The summed E-state index contributed by atoms with van der Waals surface area (Å²) in [5.41, 5.74) is 0. The van der Waals surface area contributed by atoms with Gasteiger partial charge in [0.25, 0.3) is 0 Å². The molecule has 0 amide bonds. The van der Waals surface area contributed by atoms with Crippen LogP contribution in [-0.2, 0) is 9.53 Å². The molecule has 1 heterocycles. The molecule has 2 saturated carbocycles. The highest BCUT2D eigenvalue weighted by Crippen LogP contribution is 2.29. The highest BCUT2D eigenvalue weighted by Gasteiger charge is 2.36. The number of piperidine rings is 1. The second kappa shape index (κ2) is 7.10. The minimum absolute atomic E-state index is 0.0202. The number of methoxy groups -OCH3 is 1. The zero-order valence-corrected chi connectivity index (χ0v) is 13.4. The zero-order valence-electron chi connectivity index (χ0n) is 13.4. The van der Waals surface area contributed by atoms with Gasteiger partial charge in [0.1, 0.15) is 0 Å². The van der Waals surface area contributed by atoms with E-state index in [0.717, 1.165) is 32.0 Å². The van der Waals surface area contributed by atoms with Crippen molar-refractivity contribution < 1.29 is 9.53 Å². The van der Waals surface area contributed by atoms with Crippen LogP contribution in [0.1, 0.15) is 51.4 Å². The van der Waals surface area contributed by atoms with Crippen LogP contribution in [0.2, 0.25) is 0 Å². The van der Waals surface area contributed by atoms with Crippen molar-refractivity contribution in [1.82, 2.24) is 10.2 Å². The average Bonchev–Trinajstić information content (AvgIpc) is 2.98. The molecule has 0 bridgehead atoms. The van der Waals surface area contributed by atoms with Crippen LogP contribution in [0.3, 0.4) is 0 Å². The summed E-state index contributed by atoms with van der Waals surface area (Å²) in [4.78, 5) is 14.6. The molecule has 2 unspecified atom stereocenters.